The summed E-state index contributed by atoms with van der Waals surface area (Å²) in [5, 5.41) is 8.55. The van der Waals surface area contributed by atoms with Gasteiger partial charge in [-0.3, -0.25) is 9.59 Å². The van der Waals surface area contributed by atoms with Gasteiger partial charge < -0.3 is 19.3 Å². The van der Waals surface area contributed by atoms with E-state index in [0.29, 0.717) is 25.7 Å². The molecule has 0 radical (unpaired) electrons. The normalized spacial score (nSPS) is 41.2. The molecule has 7 unspecified atom stereocenters. The van der Waals surface area contributed by atoms with E-state index in [1.165, 1.54) is 0 Å². The van der Waals surface area contributed by atoms with Crippen molar-refractivity contribution in [2.75, 3.05) is 0 Å². The summed E-state index contributed by atoms with van der Waals surface area (Å²) in [4.78, 5) is 35.3. The van der Waals surface area contributed by atoms with Crippen LogP contribution in [0.3, 0.4) is 0 Å². The van der Waals surface area contributed by atoms with Gasteiger partial charge >= 0.3 is 24.0 Å². The number of alkyl halides is 2. The van der Waals surface area contributed by atoms with Crippen LogP contribution in [0.15, 0.2) is 0 Å². The lowest BCUT2D eigenvalue weighted by atomic mass is 9.80. The molecule has 0 aromatic rings. The molecule has 2 bridgehead atoms. The monoisotopic (exact) mass is 374 g/mol. The fourth-order valence-corrected chi connectivity index (χ4v) is 5.13. The zero-order valence-electron chi connectivity index (χ0n) is 13.9. The molecule has 9 heteroatoms. The van der Waals surface area contributed by atoms with Crippen LogP contribution in [0, 0.1) is 23.7 Å². The lowest BCUT2D eigenvalue weighted by molar-refractivity contribution is -0.278. The lowest BCUT2D eigenvalue weighted by Gasteiger charge is -2.34. The number of carboxylic acid groups (broad SMARTS) is 1. The number of carbonyl (C=O) groups is 3. The number of hydrogen-bond acceptors (Lipinski definition) is 6. The van der Waals surface area contributed by atoms with Crippen molar-refractivity contribution >= 4 is 17.9 Å². The van der Waals surface area contributed by atoms with Crippen LogP contribution >= 0.6 is 0 Å². The minimum absolute atomic E-state index is 0.0115. The van der Waals surface area contributed by atoms with Crippen LogP contribution in [0.2, 0.25) is 0 Å². The van der Waals surface area contributed by atoms with Crippen LogP contribution in [0.4, 0.5) is 8.78 Å². The molecule has 26 heavy (non-hydrogen) atoms. The predicted molar refractivity (Wildman–Crippen MR) is 78.9 cm³/mol. The molecule has 4 rings (SSSR count). The molecule has 1 heterocycles. The topological polar surface area (TPSA) is 99.1 Å². The molecule has 7 atom stereocenters. The molecule has 0 amide bonds. The van der Waals surface area contributed by atoms with Gasteiger partial charge in [0.1, 0.15) is 18.3 Å². The van der Waals surface area contributed by atoms with Gasteiger partial charge in [-0.15, -0.1) is 0 Å². The molecule has 0 aromatic carbocycles. The Bertz CT molecular complexity index is 635. The molecule has 1 saturated heterocycles. The number of aliphatic carboxylic acids is 1. The molecule has 144 valence electrons. The molecule has 0 spiro atoms. The molecule has 7 nitrogen and oxygen atoms in total. The summed E-state index contributed by atoms with van der Waals surface area (Å²) in [7, 11) is 0. The summed E-state index contributed by atoms with van der Waals surface area (Å²) in [6.07, 6.45) is -3.43. The quantitative estimate of drug-likeness (QED) is 0.732. The van der Waals surface area contributed by atoms with Crippen molar-refractivity contribution in [2.24, 2.45) is 23.7 Å². The number of carbonyl (C=O) groups excluding carboxylic acids is 2. The van der Waals surface area contributed by atoms with E-state index in [2.05, 4.69) is 4.74 Å². The Morgan fingerprint density at radius 1 is 1.15 bits per heavy atom. The van der Waals surface area contributed by atoms with E-state index in [9.17, 15) is 23.2 Å². The highest BCUT2D eigenvalue weighted by atomic mass is 19.3. The second-order valence-corrected chi connectivity index (χ2v) is 7.66. The van der Waals surface area contributed by atoms with Gasteiger partial charge in [0.2, 0.25) is 0 Å². The number of carboxylic acids is 1. The lowest BCUT2D eigenvalue weighted by Crippen LogP contribution is -2.45. The smallest absolute Gasteiger partial charge is 0.456 e. The Balaban J connectivity index is 1.44. The minimum atomic E-state index is -4.33. The Morgan fingerprint density at radius 2 is 1.85 bits per heavy atom. The third-order valence-electron chi connectivity index (χ3n) is 6.21. The van der Waals surface area contributed by atoms with Crippen LogP contribution in [0.1, 0.15) is 38.5 Å². The fourth-order valence-electron chi connectivity index (χ4n) is 5.13. The Labute approximate surface area is 148 Å². The second-order valence-electron chi connectivity index (χ2n) is 7.66. The molecular formula is C17H20F2O7. The van der Waals surface area contributed by atoms with Gasteiger partial charge in [0.25, 0.3) is 0 Å². The van der Waals surface area contributed by atoms with Gasteiger partial charge in [-0.05, 0) is 38.0 Å². The molecule has 3 aliphatic carbocycles. The SMILES string of the molecule is O=C(OC1CCCCC1OC(F)(F)C(=O)O)C1C2CC3OC(=O)C1C3C2. The van der Waals surface area contributed by atoms with Crippen LogP contribution in [-0.2, 0) is 28.6 Å². The van der Waals surface area contributed by atoms with Gasteiger partial charge in [-0.1, -0.05) is 6.42 Å². The van der Waals surface area contributed by atoms with E-state index in [0.717, 1.165) is 6.42 Å². The van der Waals surface area contributed by atoms with Crippen LogP contribution in [0.5, 0.6) is 0 Å². The molecule has 1 aliphatic heterocycles. The maximum absolute atomic E-state index is 13.4. The molecule has 1 N–H and O–H groups in total. The first-order valence-corrected chi connectivity index (χ1v) is 8.98. The predicted octanol–water partition coefficient (Wildman–Crippen LogP) is 1.73. The van der Waals surface area contributed by atoms with Gasteiger partial charge in [0, 0.05) is 5.92 Å². The number of esters is 2. The van der Waals surface area contributed by atoms with E-state index in [4.69, 9.17) is 14.6 Å². The first-order valence-electron chi connectivity index (χ1n) is 8.98. The van der Waals surface area contributed by atoms with Gasteiger partial charge in [0.15, 0.2) is 0 Å². The van der Waals surface area contributed by atoms with Crippen molar-refractivity contribution in [3.8, 4) is 0 Å². The number of rotatable bonds is 5. The molecule has 3 saturated carbocycles. The van der Waals surface area contributed by atoms with E-state index >= 15 is 0 Å². The van der Waals surface area contributed by atoms with E-state index in [1.807, 2.05) is 0 Å². The van der Waals surface area contributed by atoms with Crippen molar-refractivity contribution in [2.45, 2.75) is 62.9 Å². The van der Waals surface area contributed by atoms with Crippen molar-refractivity contribution in [1.29, 1.82) is 0 Å². The van der Waals surface area contributed by atoms with E-state index < -0.39 is 42.1 Å². The molecular weight excluding hydrogens is 354 g/mol. The zero-order valence-corrected chi connectivity index (χ0v) is 13.9. The fraction of sp³-hybridized carbons (Fsp3) is 0.824. The first kappa shape index (κ1) is 17.6. The maximum atomic E-state index is 13.4. The average Bonchev–Trinajstić information content (AvgIpc) is 3.18. The largest absolute Gasteiger partial charge is 0.475 e. The second kappa shape index (κ2) is 6.14. The number of hydrogen-bond donors (Lipinski definition) is 1. The molecule has 0 aromatic heterocycles. The summed E-state index contributed by atoms with van der Waals surface area (Å²) in [6, 6.07) is 0. The standard InChI is InChI=1S/C17H20F2O7/c18-17(19,16(22)23)26-10-4-2-1-3-9(10)24-14(20)12-7-5-8-11(6-7)25-15(21)13(8)12/h7-13H,1-6H2,(H,22,23). The Hall–Kier alpha value is -1.77. The molecule has 4 aliphatic rings. The van der Waals surface area contributed by atoms with Crippen molar-refractivity contribution in [3.63, 3.8) is 0 Å². The van der Waals surface area contributed by atoms with Crippen LogP contribution in [-0.4, -0.2) is 47.4 Å². The van der Waals surface area contributed by atoms with Crippen LogP contribution < -0.4 is 0 Å². The van der Waals surface area contributed by atoms with Gasteiger partial charge in [-0.2, -0.15) is 8.78 Å². The first-order chi connectivity index (χ1) is 12.3. The number of halogens is 2. The third-order valence-corrected chi connectivity index (χ3v) is 6.21. The van der Waals surface area contributed by atoms with Crippen LogP contribution in [0.25, 0.3) is 0 Å². The Kier molecular flexibility index (Phi) is 4.17. The summed E-state index contributed by atoms with van der Waals surface area (Å²) in [5.74, 6) is -4.39. The highest BCUT2D eigenvalue weighted by molar-refractivity contribution is 5.85. The highest BCUT2D eigenvalue weighted by Gasteiger charge is 2.64. The number of ether oxygens (including phenoxy) is 3. The summed E-state index contributed by atoms with van der Waals surface area (Å²) < 4.78 is 42.0. The third kappa shape index (κ3) is 2.76. The van der Waals surface area contributed by atoms with Gasteiger partial charge in [-0.25, -0.2) is 4.79 Å². The zero-order chi connectivity index (χ0) is 18.6. The van der Waals surface area contributed by atoms with E-state index in [-0.39, 0.29) is 30.3 Å². The van der Waals surface area contributed by atoms with E-state index in [1.54, 1.807) is 0 Å². The summed E-state index contributed by atoms with van der Waals surface area (Å²) >= 11 is 0. The van der Waals surface area contributed by atoms with Gasteiger partial charge in [0.05, 0.1) is 11.8 Å². The summed E-state index contributed by atoms with van der Waals surface area (Å²) in [5.41, 5.74) is 0. The molecule has 4 fully saturated rings. The maximum Gasteiger partial charge on any atom is 0.456 e. The Morgan fingerprint density at radius 3 is 2.54 bits per heavy atom. The van der Waals surface area contributed by atoms with Crippen molar-refractivity contribution in [3.05, 3.63) is 0 Å². The average molecular weight is 374 g/mol. The minimum Gasteiger partial charge on any atom is -0.475 e. The summed E-state index contributed by atoms with van der Waals surface area (Å²) in [6.45, 7) is 0. The van der Waals surface area contributed by atoms with Crippen molar-refractivity contribution < 1.29 is 42.5 Å². The number of fused-ring (bicyclic) bond motifs is 1. The van der Waals surface area contributed by atoms with Crippen molar-refractivity contribution in [1.82, 2.24) is 0 Å². The highest BCUT2D eigenvalue weighted by Crippen LogP contribution is 2.58.